The van der Waals surface area contributed by atoms with Crippen molar-refractivity contribution in [3.05, 3.63) is 0 Å². The van der Waals surface area contributed by atoms with E-state index in [9.17, 15) is 0 Å². The molecule has 0 radical (unpaired) electrons. The molecular formula is C14H31N3. The zero-order valence-electron chi connectivity index (χ0n) is 11.9. The van der Waals surface area contributed by atoms with E-state index in [1.807, 2.05) is 0 Å². The van der Waals surface area contributed by atoms with E-state index in [0.29, 0.717) is 0 Å². The first-order valence-electron chi connectivity index (χ1n) is 7.44. The van der Waals surface area contributed by atoms with Crippen LogP contribution in [0.5, 0.6) is 0 Å². The molecule has 1 aliphatic rings. The van der Waals surface area contributed by atoms with Crippen LogP contribution in [-0.2, 0) is 0 Å². The molecule has 0 aromatic heterocycles. The summed E-state index contributed by atoms with van der Waals surface area (Å²) in [6, 6.07) is 0. The van der Waals surface area contributed by atoms with Crippen LogP contribution in [-0.4, -0.2) is 62.7 Å². The molecule has 3 nitrogen and oxygen atoms in total. The fourth-order valence-electron chi connectivity index (χ4n) is 2.36. The average molecular weight is 241 g/mol. The molecular weight excluding hydrogens is 210 g/mol. The Morgan fingerprint density at radius 3 is 2.65 bits per heavy atom. The molecule has 0 bridgehead atoms. The quantitative estimate of drug-likeness (QED) is 0.654. The summed E-state index contributed by atoms with van der Waals surface area (Å²) in [5.41, 5.74) is 0. The Bertz CT molecular complexity index is 173. The maximum absolute atomic E-state index is 3.57. The summed E-state index contributed by atoms with van der Waals surface area (Å²) in [4.78, 5) is 5.04. The summed E-state index contributed by atoms with van der Waals surface area (Å²) >= 11 is 0. The van der Waals surface area contributed by atoms with Crippen molar-refractivity contribution in [2.75, 3.05) is 52.9 Å². The van der Waals surface area contributed by atoms with Crippen molar-refractivity contribution >= 4 is 0 Å². The third-order valence-corrected chi connectivity index (χ3v) is 3.62. The van der Waals surface area contributed by atoms with Crippen molar-refractivity contribution < 1.29 is 0 Å². The lowest BCUT2D eigenvalue weighted by molar-refractivity contribution is 0.276. The largest absolute Gasteiger partial charge is 0.315 e. The van der Waals surface area contributed by atoms with Crippen molar-refractivity contribution in [1.82, 2.24) is 15.1 Å². The minimum absolute atomic E-state index is 1.16. The van der Waals surface area contributed by atoms with Crippen LogP contribution in [0.1, 0.15) is 39.0 Å². The average Bonchev–Trinajstić information content (AvgIpc) is 2.53. The fourth-order valence-corrected chi connectivity index (χ4v) is 2.36. The van der Waals surface area contributed by atoms with E-state index in [1.165, 1.54) is 71.4 Å². The third kappa shape index (κ3) is 7.74. The zero-order chi connectivity index (χ0) is 12.3. The van der Waals surface area contributed by atoms with Crippen LogP contribution in [0, 0.1) is 0 Å². The second kappa shape index (κ2) is 9.86. The molecule has 1 saturated heterocycles. The highest BCUT2D eigenvalue weighted by Gasteiger charge is 2.10. The van der Waals surface area contributed by atoms with Gasteiger partial charge in [-0.15, -0.1) is 0 Å². The second-order valence-electron chi connectivity index (χ2n) is 5.31. The Hall–Kier alpha value is -0.120. The number of likely N-dealkylation sites (N-methyl/N-ethyl adjacent to an activating group) is 1. The normalized spacial score (nSPS) is 19.4. The fraction of sp³-hybridized carbons (Fsp3) is 1.00. The minimum Gasteiger partial charge on any atom is -0.315 e. The number of unbranched alkanes of at least 4 members (excludes halogenated alkanes) is 3. The van der Waals surface area contributed by atoms with Crippen molar-refractivity contribution in [2.24, 2.45) is 0 Å². The van der Waals surface area contributed by atoms with Crippen LogP contribution in [0.3, 0.4) is 0 Å². The van der Waals surface area contributed by atoms with E-state index in [1.54, 1.807) is 0 Å². The van der Waals surface area contributed by atoms with Gasteiger partial charge in [0.15, 0.2) is 0 Å². The Balaban J connectivity index is 1.91. The van der Waals surface area contributed by atoms with Gasteiger partial charge in [-0.1, -0.05) is 26.2 Å². The lowest BCUT2D eigenvalue weighted by atomic mass is 10.2. The molecule has 0 spiro atoms. The molecule has 1 rings (SSSR count). The molecule has 0 saturated carbocycles. The first kappa shape index (κ1) is 14.9. The van der Waals surface area contributed by atoms with Gasteiger partial charge in [-0.3, -0.25) is 0 Å². The Labute approximate surface area is 108 Å². The Kier molecular flexibility index (Phi) is 8.67. The van der Waals surface area contributed by atoms with Gasteiger partial charge in [0, 0.05) is 26.2 Å². The molecule has 17 heavy (non-hydrogen) atoms. The van der Waals surface area contributed by atoms with Crippen molar-refractivity contribution in [3.8, 4) is 0 Å². The molecule has 1 fully saturated rings. The van der Waals surface area contributed by atoms with Crippen LogP contribution < -0.4 is 5.32 Å². The van der Waals surface area contributed by atoms with Gasteiger partial charge < -0.3 is 15.1 Å². The van der Waals surface area contributed by atoms with Gasteiger partial charge in [0.05, 0.1) is 0 Å². The van der Waals surface area contributed by atoms with Crippen molar-refractivity contribution in [1.29, 1.82) is 0 Å². The van der Waals surface area contributed by atoms with Crippen LogP contribution >= 0.6 is 0 Å². The molecule has 1 N–H and O–H groups in total. The van der Waals surface area contributed by atoms with Gasteiger partial charge in [0.1, 0.15) is 0 Å². The van der Waals surface area contributed by atoms with Gasteiger partial charge in [-0.25, -0.2) is 0 Å². The van der Waals surface area contributed by atoms with Crippen LogP contribution in [0.15, 0.2) is 0 Å². The lowest BCUT2D eigenvalue weighted by Crippen LogP contribution is -2.35. The highest BCUT2D eigenvalue weighted by molar-refractivity contribution is 4.67. The SMILES string of the molecule is CCCCCCNCCN1CCCN(C)CC1. The van der Waals surface area contributed by atoms with Gasteiger partial charge >= 0.3 is 0 Å². The summed E-state index contributed by atoms with van der Waals surface area (Å²) in [6.45, 7) is 10.9. The van der Waals surface area contributed by atoms with E-state index in [0.717, 1.165) is 6.54 Å². The summed E-state index contributed by atoms with van der Waals surface area (Å²) in [7, 11) is 2.23. The number of rotatable bonds is 8. The maximum Gasteiger partial charge on any atom is 0.0110 e. The number of nitrogens with zero attached hydrogens (tertiary/aromatic N) is 2. The predicted octanol–water partition coefficient (Wildman–Crippen LogP) is 1.79. The van der Waals surface area contributed by atoms with E-state index < -0.39 is 0 Å². The van der Waals surface area contributed by atoms with Crippen LogP contribution in [0.4, 0.5) is 0 Å². The van der Waals surface area contributed by atoms with Crippen molar-refractivity contribution in [3.63, 3.8) is 0 Å². The molecule has 0 aromatic rings. The lowest BCUT2D eigenvalue weighted by Gasteiger charge is -2.20. The standard InChI is InChI=1S/C14H31N3/c1-3-4-5-6-8-15-9-12-17-11-7-10-16(2)13-14-17/h15H,3-14H2,1-2H3. The van der Waals surface area contributed by atoms with Gasteiger partial charge in [0.25, 0.3) is 0 Å². The topological polar surface area (TPSA) is 18.5 Å². The molecule has 102 valence electrons. The molecule has 0 aromatic carbocycles. The Morgan fingerprint density at radius 1 is 0.941 bits per heavy atom. The predicted molar refractivity (Wildman–Crippen MR) is 75.6 cm³/mol. The van der Waals surface area contributed by atoms with E-state index in [-0.39, 0.29) is 0 Å². The van der Waals surface area contributed by atoms with Gasteiger partial charge in [-0.2, -0.15) is 0 Å². The van der Waals surface area contributed by atoms with E-state index in [4.69, 9.17) is 0 Å². The minimum atomic E-state index is 1.16. The molecule has 1 aliphatic heterocycles. The summed E-state index contributed by atoms with van der Waals surface area (Å²) in [5, 5.41) is 3.57. The molecule has 0 amide bonds. The first-order valence-corrected chi connectivity index (χ1v) is 7.44. The third-order valence-electron chi connectivity index (χ3n) is 3.62. The van der Waals surface area contributed by atoms with Crippen LogP contribution in [0.2, 0.25) is 0 Å². The summed E-state index contributed by atoms with van der Waals surface area (Å²) in [5.74, 6) is 0. The maximum atomic E-state index is 3.57. The number of hydrogen-bond acceptors (Lipinski definition) is 3. The van der Waals surface area contributed by atoms with E-state index >= 15 is 0 Å². The summed E-state index contributed by atoms with van der Waals surface area (Å²) < 4.78 is 0. The monoisotopic (exact) mass is 241 g/mol. The Morgan fingerprint density at radius 2 is 1.82 bits per heavy atom. The van der Waals surface area contributed by atoms with Crippen LogP contribution in [0.25, 0.3) is 0 Å². The van der Waals surface area contributed by atoms with Gasteiger partial charge in [-0.05, 0) is 39.5 Å². The molecule has 3 heteroatoms. The summed E-state index contributed by atoms with van der Waals surface area (Å²) in [6.07, 6.45) is 6.78. The molecule has 0 unspecified atom stereocenters. The number of nitrogens with one attached hydrogen (secondary N) is 1. The molecule has 0 aliphatic carbocycles. The van der Waals surface area contributed by atoms with Crippen molar-refractivity contribution in [2.45, 2.75) is 39.0 Å². The molecule has 1 heterocycles. The smallest absolute Gasteiger partial charge is 0.0110 e. The number of hydrogen-bond donors (Lipinski definition) is 1. The second-order valence-corrected chi connectivity index (χ2v) is 5.31. The highest BCUT2D eigenvalue weighted by atomic mass is 15.2. The van der Waals surface area contributed by atoms with E-state index in [2.05, 4.69) is 29.1 Å². The zero-order valence-corrected chi connectivity index (χ0v) is 11.9. The highest BCUT2D eigenvalue weighted by Crippen LogP contribution is 2.00. The first-order chi connectivity index (χ1) is 8.33. The van der Waals surface area contributed by atoms with Gasteiger partial charge in [0.2, 0.25) is 0 Å². The molecule has 0 atom stereocenters.